The van der Waals surface area contributed by atoms with Gasteiger partial charge >= 0.3 is 6.18 Å². The first kappa shape index (κ1) is 14.5. The second kappa shape index (κ2) is 5.40. The standard InChI is InChI=1S/C15H12F3N3O/c16-15(17,18)14-19-7-10(8-20-14)9-21-12-4-2-1-3-11(12)5-6-13(21)22/h1-4,7-8H,5-6,9H2. The minimum atomic E-state index is -4.56. The van der Waals surface area contributed by atoms with Crippen LogP contribution in [0.25, 0.3) is 0 Å². The first-order valence-electron chi connectivity index (χ1n) is 6.71. The van der Waals surface area contributed by atoms with Crippen molar-refractivity contribution < 1.29 is 18.0 Å². The highest BCUT2D eigenvalue weighted by molar-refractivity contribution is 5.96. The molecular formula is C15H12F3N3O. The van der Waals surface area contributed by atoms with Gasteiger partial charge in [0.1, 0.15) is 0 Å². The normalized spacial score (nSPS) is 14.9. The molecule has 1 aromatic heterocycles. The monoisotopic (exact) mass is 307 g/mol. The van der Waals surface area contributed by atoms with Crippen molar-refractivity contribution >= 4 is 11.6 Å². The Morgan fingerprint density at radius 1 is 1.09 bits per heavy atom. The highest BCUT2D eigenvalue weighted by atomic mass is 19.4. The minimum absolute atomic E-state index is 0.0569. The summed E-state index contributed by atoms with van der Waals surface area (Å²) in [5, 5.41) is 0. The van der Waals surface area contributed by atoms with Crippen LogP contribution in [-0.4, -0.2) is 15.9 Å². The Morgan fingerprint density at radius 2 is 1.77 bits per heavy atom. The van der Waals surface area contributed by atoms with E-state index < -0.39 is 12.0 Å². The Bertz CT molecular complexity index is 698. The number of rotatable bonds is 2. The maximum atomic E-state index is 12.4. The fourth-order valence-electron chi connectivity index (χ4n) is 2.44. The molecule has 1 aliphatic heterocycles. The summed E-state index contributed by atoms with van der Waals surface area (Å²) in [6.07, 6.45) is -1.28. The molecule has 0 atom stereocenters. The number of amides is 1. The van der Waals surface area contributed by atoms with Gasteiger partial charge in [-0.2, -0.15) is 13.2 Å². The summed E-state index contributed by atoms with van der Waals surface area (Å²) in [5.41, 5.74) is 2.30. The third kappa shape index (κ3) is 2.79. The molecule has 0 unspecified atom stereocenters. The zero-order valence-electron chi connectivity index (χ0n) is 11.5. The topological polar surface area (TPSA) is 46.1 Å². The summed E-state index contributed by atoms with van der Waals surface area (Å²) in [7, 11) is 0. The molecule has 114 valence electrons. The minimum Gasteiger partial charge on any atom is -0.308 e. The molecular weight excluding hydrogens is 295 g/mol. The second-order valence-electron chi connectivity index (χ2n) is 5.02. The van der Waals surface area contributed by atoms with E-state index in [0.717, 1.165) is 23.6 Å². The van der Waals surface area contributed by atoms with Crippen LogP contribution >= 0.6 is 0 Å². The van der Waals surface area contributed by atoms with Crippen molar-refractivity contribution in [3.05, 3.63) is 53.6 Å². The molecule has 3 rings (SSSR count). The number of benzene rings is 1. The van der Waals surface area contributed by atoms with Crippen LogP contribution in [0, 0.1) is 0 Å². The van der Waals surface area contributed by atoms with Crippen LogP contribution in [-0.2, 0) is 23.9 Å². The fourth-order valence-corrected chi connectivity index (χ4v) is 2.44. The lowest BCUT2D eigenvalue weighted by Gasteiger charge is -2.29. The smallest absolute Gasteiger partial charge is 0.308 e. The third-order valence-corrected chi connectivity index (χ3v) is 3.49. The van der Waals surface area contributed by atoms with E-state index in [1.165, 1.54) is 0 Å². The first-order valence-corrected chi connectivity index (χ1v) is 6.71. The van der Waals surface area contributed by atoms with Gasteiger partial charge in [0.2, 0.25) is 11.7 Å². The molecule has 0 saturated heterocycles. The van der Waals surface area contributed by atoms with Crippen molar-refractivity contribution in [1.29, 1.82) is 0 Å². The van der Waals surface area contributed by atoms with Crippen LogP contribution in [0.4, 0.5) is 18.9 Å². The van der Waals surface area contributed by atoms with Crippen LogP contribution in [0.3, 0.4) is 0 Å². The number of carbonyl (C=O) groups excluding carboxylic acids is 1. The van der Waals surface area contributed by atoms with Gasteiger partial charge in [-0.15, -0.1) is 0 Å². The molecule has 1 aliphatic rings. The molecule has 2 heterocycles. The molecule has 0 saturated carbocycles. The zero-order chi connectivity index (χ0) is 15.7. The summed E-state index contributed by atoms with van der Waals surface area (Å²) in [4.78, 5) is 20.3. The number of hydrogen-bond donors (Lipinski definition) is 0. The lowest BCUT2D eigenvalue weighted by molar-refractivity contribution is -0.145. The van der Waals surface area contributed by atoms with Gasteiger partial charge in [0.15, 0.2) is 0 Å². The number of halogens is 3. The summed E-state index contributed by atoms with van der Waals surface area (Å²) in [5.74, 6) is -1.24. The molecule has 4 nitrogen and oxygen atoms in total. The number of nitrogens with zero attached hydrogens (tertiary/aromatic N) is 3. The highest BCUT2D eigenvalue weighted by Gasteiger charge is 2.34. The third-order valence-electron chi connectivity index (χ3n) is 3.49. The second-order valence-corrected chi connectivity index (χ2v) is 5.02. The Hall–Kier alpha value is -2.44. The lowest BCUT2D eigenvalue weighted by Crippen LogP contribution is -2.34. The molecule has 2 aromatic rings. The molecule has 0 spiro atoms. The summed E-state index contributed by atoms with van der Waals surface area (Å²) in [6.45, 7) is 0.161. The largest absolute Gasteiger partial charge is 0.451 e. The molecule has 0 aliphatic carbocycles. The average molecular weight is 307 g/mol. The maximum Gasteiger partial charge on any atom is 0.451 e. The van der Waals surface area contributed by atoms with Crippen molar-refractivity contribution in [2.75, 3.05) is 4.90 Å². The van der Waals surface area contributed by atoms with Gasteiger partial charge in [0.05, 0.1) is 6.54 Å². The zero-order valence-corrected chi connectivity index (χ0v) is 11.5. The molecule has 7 heteroatoms. The number of para-hydroxylation sites is 1. The molecule has 0 fully saturated rings. The average Bonchev–Trinajstić information content (AvgIpc) is 2.50. The maximum absolute atomic E-state index is 12.4. The number of anilines is 1. The molecule has 22 heavy (non-hydrogen) atoms. The number of fused-ring (bicyclic) bond motifs is 1. The van der Waals surface area contributed by atoms with Crippen LogP contribution in [0.15, 0.2) is 36.7 Å². The molecule has 0 bridgehead atoms. The highest BCUT2D eigenvalue weighted by Crippen LogP contribution is 2.29. The van der Waals surface area contributed by atoms with Crippen molar-refractivity contribution in [1.82, 2.24) is 9.97 Å². The van der Waals surface area contributed by atoms with Gasteiger partial charge in [-0.25, -0.2) is 9.97 Å². The van der Waals surface area contributed by atoms with Crippen molar-refractivity contribution in [3.63, 3.8) is 0 Å². The molecule has 0 N–H and O–H groups in total. The Balaban J connectivity index is 1.85. The van der Waals surface area contributed by atoms with Gasteiger partial charge in [-0.05, 0) is 18.1 Å². The van der Waals surface area contributed by atoms with Crippen molar-refractivity contribution in [2.45, 2.75) is 25.6 Å². The SMILES string of the molecule is O=C1CCc2ccccc2N1Cc1cnc(C(F)(F)F)nc1. The summed E-state index contributed by atoms with van der Waals surface area (Å²) in [6, 6.07) is 7.50. The van der Waals surface area contributed by atoms with E-state index in [4.69, 9.17) is 0 Å². The summed E-state index contributed by atoms with van der Waals surface area (Å²) >= 11 is 0. The van der Waals surface area contributed by atoms with Gasteiger partial charge in [0, 0.05) is 30.1 Å². The van der Waals surface area contributed by atoms with E-state index in [1.54, 1.807) is 4.90 Å². The first-order chi connectivity index (χ1) is 10.4. The number of aryl methyl sites for hydroxylation is 1. The van der Waals surface area contributed by atoms with Crippen LogP contribution in [0.2, 0.25) is 0 Å². The van der Waals surface area contributed by atoms with Gasteiger partial charge < -0.3 is 4.90 Å². The molecule has 0 radical (unpaired) electrons. The molecule has 1 aromatic carbocycles. The van der Waals surface area contributed by atoms with E-state index in [9.17, 15) is 18.0 Å². The number of alkyl halides is 3. The van der Waals surface area contributed by atoms with Gasteiger partial charge in [-0.1, -0.05) is 18.2 Å². The van der Waals surface area contributed by atoms with E-state index >= 15 is 0 Å². The van der Waals surface area contributed by atoms with Crippen LogP contribution in [0.5, 0.6) is 0 Å². The van der Waals surface area contributed by atoms with Crippen LogP contribution in [0.1, 0.15) is 23.4 Å². The fraction of sp³-hybridized carbons (Fsp3) is 0.267. The predicted octanol–water partition coefficient (Wildman–Crippen LogP) is 2.97. The lowest BCUT2D eigenvalue weighted by atomic mass is 10.0. The number of carbonyl (C=O) groups is 1. The summed E-state index contributed by atoms with van der Waals surface area (Å²) < 4.78 is 37.3. The Morgan fingerprint density at radius 3 is 2.45 bits per heavy atom. The van der Waals surface area contributed by atoms with E-state index in [1.807, 2.05) is 24.3 Å². The van der Waals surface area contributed by atoms with Gasteiger partial charge in [-0.3, -0.25) is 4.79 Å². The van der Waals surface area contributed by atoms with E-state index in [-0.39, 0.29) is 12.5 Å². The quantitative estimate of drug-likeness (QED) is 0.857. The van der Waals surface area contributed by atoms with Crippen molar-refractivity contribution in [2.24, 2.45) is 0 Å². The van der Waals surface area contributed by atoms with E-state index in [2.05, 4.69) is 9.97 Å². The number of aromatic nitrogens is 2. The van der Waals surface area contributed by atoms with Gasteiger partial charge in [0.25, 0.3) is 0 Å². The Labute approximate surface area is 124 Å². The van der Waals surface area contributed by atoms with Crippen molar-refractivity contribution in [3.8, 4) is 0 Å². The van der Waals surface area contributed by atoms with Crippen LogP contribution < -0.4 is 4.90 Å². The van der Waals surface area contributed by atoms with E-state index in [0.29, 0.717) is 18.4 Å². The Kier molecular flexibility index (Phi) is 3.56. The number of hydrogen-bond acceptors (Lipinski definition) is 3. The predicted molar refractivity (Wildman–Crippen MR) is 73.0 cm³/mol. The molecule has 1 amide bonds.